The van der Waals surface area contributed by atoms with Gasteiger partial charge in [0, 0.05) is 0 Å². The Kier molecular flexibility index (Phi) is 3.02. The second kappa shape index (κ2) is 3.84. The Labute approximate surface area is 85.1 Å². The standard InChI is InChI=1S/C8H4F7N/c9-5-2-1-3-6(4-5)16(7(10,11)12)8(13,14)15/h1-4H. The van der Waals surface area contributed by atoms with Crippen LogP contribution in [0, 0.1) is 5.82 Å². The highest BCUT2D eigenvalue weighted by molar-refractivity contribution is 5.48. The molecule has 0 amide bonds. The molecule has 8 heteroatoms. The first-order chi connectivity index (χ1) is 7.12. The van der Waals surface area contributed by atoms with Gasteiger partial charge in [-0.15, -0.1) is 26.3 Å². The quantitative estimate of drug-likeness (QED) is 0.540. The van der Waals surface area contributed by atoms with E-state index in [1.165, 1.54) is 0 Å². The summed E-state index contributed by atoms with van der Waals surface area (Å²) in [5.41, 5.74) is -1.32. The molecule has 0 radical (unpaired) electrons. The topological polar surface area (TPSA) is 3.24 Å². The monoisotopic (exact) mass is 247 g/mol. The smallest absolute Gasteiger partial charge is 0.207 e. The summed E-state index contributed by atoms with van der Waals surface area (Å²) >= 11 is 0. The normalized spacial score (nSPS) is 12.7. The van der Waals surface area contributed by atoms with Crippen molar-refractivity contribution in [1.82, 2.24) is 0 Å². The first-order valence-corrected chi connectivity index (χ1v) is 3.82. The highest BCUT2D eigenvalue weighted by atomic mass is 19.4. The fourth-order valence-corrected chi connectivity index (χ4v) is 1.05. The highest BCUT2D eigenvalue weighted by Gasteiger charge is 2.53. The molecular weight excluding hydrogens is 243 g/mol. The van der Waals surface area contributed by atoms with Crippen LogP contribution in [0.5, 0.6) is 0 Å². The van der Waals surface area contributed by atoms with E-state index >= 15 is 0 Å². The predicted octanol–water partition coefficient (Wildman–Crippen LogP) is 3.67. The van der Waals surface area contributed by atoms with Crippen LogP contribution in [0.25, 0.3) is 0 Å². The Morgan fingerprint density at radius 1 is 0.875 bits per heavy atom. The number of hydrogen-bond acceptors (Lipinski definition) is 1. The zero-order valence-corrected chi connectivity index (χ0v) is 7.40. The van der Waals surface area contributed by atoms with Crippen molar-refractivity contribution in [2.75, 3.05) is 4.90 Å². The largest absolute Gasteiger partial charge is 0.491 e. The lowest BCUT2D eigenvalue weighted by atomic mass is 10.3. The maximum Gasteiger partial charge on any atom is 0.491 e. The number of alkyl halides is 6. The van der Waals surface area contributed by atoms with Crippen LogP contribution in [-0.4, -0.2) is 12.6 Å². The number of hydrogen-bond donors (Lipinski definition) is 0. The second-order valence-electron chi connectivity index (χ2n) is 2.75. The minimum absolute atomic E-state index is 0.154. The Morgan fingerprint density at radius 3 is 1.75 bits per heavy atom. The molecule has 0 aliphatic rings. The second-order valence-corrected chi connectivity index (χ2v) is 2.75. The molecule has 1 rings (SSSR count). The number of nitrogens with zero attached hydrogens (tertiary/aromatic N) is 1. The van der Waals surface area contributed by atoms with Crippen LogP contribution in [0.2, 0.25) is 0 Å². The SMILES string of the molecule is Fc1cccc(N(C(F)(F)F)C(F)(F)F)c1. The summed E-state index contributed by atoms with van der Waals surface area (Å²) < 4.78 is 85.2. The molecule has 0 saturated carbocycles. The molecule has 0 aliphatic heterocycles. The molecule has 1 aromatic carbocycles. The summed E-state index contributed by atoms with van der Waals surface area (Å²) in [5.74, 6) is -1.18. The van der Waals surface area contributed by atoms with Gasteiger partial charge in [0.15, 0.2) is 0 Å². The van der Waals surface area contributed by atoms with E-state index in [1.54, 1.807) is 0 Å². The lowest BCUT2D eigenvalue weighted by Crippen LogP contribution is -2.48. The van der Waals surface area contributed by atoms with Crippen LogP contribution in [0.3, 0.4) is 0 Å². The van der Waals surface area contributed by atoms with Crippen molar-refractivity contribution in [3.8, 4) is 0 Å². The molecule has 0 aliphatic carbocycles. The number of anilines is 1. The molecule has 0 saturated heterocycles. The Morgan fingerprint density at radius 2 is 1.38 bits per heavy atom. The lowest BCUT2D eigenvalue weighted by Gasteiger charge is -2.28. The summed E-state index contributed by atoms with van der Waals surface area (Å²) in [5, 5.41) is 0. The molecule has 1 aromatic rings. The van der Waals surface area contributed by atoms with E-state index in [0.29, 0.717) is 6.07 Å². The predicted molar refractivity (Wildman–Crippen MR) is 41.0 cm³/mol. The van der Waals surface area contributed by atoms with Crippen molar-refractivity contribution in [2.45, 2.75) is 12.6 Å². The lowest BCUT2D eigenvalue weighted by molar-refractivity contribution is -0.226. The molecule has 0 heterocycles. The van der Waals surface area contributed by atoms with E-state index in [0.717, 1.165) is 12.1 Å². The third kappa shape index (κ3) is 2.77. The summed E-state index contributed by atoms with van der Waals surface area (Å²) in [6, 6.07) is 2.18. The van der Waals surface area contributed by atoms with Crippen LogP contribution < -0.4 is 4.90 Å². The number of rotatable bonds is 1. The third-order valence-corrected chi connectivity index (χ3v) is 1.57. The van der Waals surface area contributed by atoms with Crippen molar-refractivity contribution in [3.63, 3.8) is 0 Å². The van der Waals surface area contributed by atoms with Crippen LogP contribution in [0.15, 0.2) is 24.3 Å². The molecular formula is C8H4F7N. The molecule has 0 fully saturated rings. The van der Waals surface area contributed by atoms with Gasteiger partial charge in [-0.3, -0.25) is 0 Å². The number of benzene rings is 1. The minimum atomic E-state index is -5.66. The van der Waals surface area contributed by atoms with E-state index < -0.39 is 29.0 Å². The minimum Gasteiger partial charge on any atom is -0.207 e. The van der Waals surface area contributed by atoms with Gasteiger partial charge in [0.1, 0.15) is 5.82 Å². The molecule has 90 valence electrons. The molecule has 0 spiro atoms. The van der Waals surface area contributed by atoms with E-state index in [9.17, 15) is 30.7 Å². The zero-order valence-electron chi connectivity index (χ0n) is 7.40. The maximum atomic E-state index is 12.5. The van der Waals surface area contributed by atoms with E-state index in [1.807, 2.05) is 0 Å². The average Bonchev–Trinajstić information content (AvgIpc) is 1.97. The molecule has 0 atom stereocenters. The van der Waals surface area contributed by atoms with Crippen LogP contribution in [0.1, 0.15) is 0 Å². The summed E-state index contributed by atoms with van der Waals surface area (Å²) in [4.78, 5) is -1.76. The van der Waals surface area contributed by atoms with Crippen molar-refractivity contribution in [1.29, 1.82) is 0 Å². The first-order valence-electron chi connectivity index (χ1n) is 3.82. The molecule has 16 heavy (non-hydrogen) atoms. The van der Waals surface area contributed by atoms with Crippen molar-refractivity contribution < 1.29 is 30.7 Å². The average molecular weight is 247 g/mol. The van der Waals surface area contributed by atoms with E-state index in [2.05, 4.69) is 0 Å². The molecule has 0 aromatic heterocycles. The fraction of sp³-hybridized carbons (Fsp3) is 0.250. The van der Waals surface area contributed by atoms with Gasteiger partial charge in [-0.2, -0.15) is 4.90 Å². The molecule has 0 bridgehead atoms. The maximum absolute atomic E-state index is 12.5. The summed E-state index contributed by atoms with van der Waals surface area (Å²) in [7, 11) is 0. The van der Waals surface area contributed by atoms with Gasteiger partial charge in [-0.1, -0.05) is 6.07 Å². The van der Waals surface area contributed by atoms with Crippen LogP contribution in [0.4, 0.5) is 36.4 Å². The van der Waals surface area contributed by atoms with E-state index in [-0.39, 0.29) is 6.07 Å². The molecule has 0 unspecified atom stereocenters. The fourth-order valence-electron chi connectivity index (χ4n) is 1.05. The Hall–Kier alpha value is -1.47. The van der Waals surface area contributed by atoms with Gasteiger partial charge in [0.25, 0.3) is 0 Å². The van der Waals surface area contributed by atoms with Gasteiger partial charge >= 0.3 is 12.6 Å². The van der Waals surface area contributed by atoms with Crippen molar-refractivity contribution in [2.24, 2.45) is 0 Å². The van der Waals surface area contributed by atoms with Crippen LogP contribution >= 0.6 is 0 Å². The van der Waals surface area contributed by atoms with E-state index in [4.69, 9.17) is 0 Å². The van der Waals surface area contributed by atoms with Gasteiger partial charge in [0.2, 0.25) is 0 Å². The molecule has 1 nitrogen and oxygen atoms in total. The first kappa shape index (κ1) is 12.6. The van der Waals surface area contributed by atoms with Gasteiger partial charge in [-0.25, -0.2) is 4.39 Å². The molecule has 0 N–H and O–H groups in total. The van der Waals surface area contributed by atoms with Crippen molar-refractivity contribution >= 4 is 5.69 Å². The third-order valence-electron chi connectivity index (χ3n) is 1.57. The van der Waals surface area contributed by atoms with Crippen LogP contribution in [-0.2, 0) is 0 Å². The zero-order chi connectivity index (χ0) is 12.6. The summed E-state index contributed by atoms with van der Waals surface area (Å²) in [6.07, 6.45) is -11.3. The highest BCUT2D eigenvalue weighted by Crippen LogP contribution is 2.38. The Bertz CT molecular complexity index is 353. The summed E-state index contributed by atoms with van der Waals surface area (Å²) in [6.45, 7) is 0. The van der Waals surface area contributed by atoms with Gasteiger partial charge in [0.05, 0.1) is 5.69 Å². The van der Waals surface area contributed by atoms with Gasteiger partial charge < -0.3 is 0 Å². The number of halogens is 7. The Balaban J connectivity index is 3.23. The van der Waals surface area contributed by atoms with Crippen molar-refractivity contribution in [3.05, 3.63) is 30.1 Å². The van der Waals surface area contributed by atoms with Gasteiger partial charge in [-0.05, 0) is 18.2 Å².